The molecule has 0 amide bonds. The summed E-state index contributed by atoms with van der Waals surface area (Å²) in [6.07, 6.45) is 0. The first kappa shape index (κ1) is 19.0. The van der Waals surface area contributed by atoms with E-state index in [2.05, 4.69) is 4.98 Å². The van der Waals surface area contributed by atoms with E-state index in [1.807, 2.05) is 6.92 Å². The zero-order valence-corrected chi connectivity index (χ0v) is 15.7. The minimum absolute atomic E-state index is 0.0333. The van der Waals surface area contributed by atoms with E-state index in [-0.39, 0.29) is 28.5 Å². The number of esters is 1. The average Bonchev–Trinajstić information content (AvgIpc) is 2.67. The number of benzene rings is 1. The summed E-state index contributed by atoms with van der Waals surface area (Å²) in [6, 6.07) is 8.92. The Hall–Kier alpha value is -3.73. The number of hydrogen-bond acceptors (Lipinski definition) is 7. The number of nitrogen functional groups attached to an aromatic ring is 1. The highest BCUT2D eigenvalue weighted by Crippen LogP contribution is 2.45. The van der Waals surface area contributed by atoms with E-state index in [9.17, 15) is 14.9 Å². The van der Waals surface area contributed by atoms with Crippen molar-refractivity contribution in [2.75, 3.05) is 19.5 Å². The van der Waals surface area contributed by atoms with Crippen molar-refractivity contribution in [3.8, 4) is 17.7 Å². The van der Waals surface area contributed by atoms with Gasteiger partial charge in [0.15, 0.2) is 0 Å². The average molecular weight is 381 g/mol. The number of aromatic nitrogens is 1. The fourth-order valence-electron chi connectivity index (χ4n) is 3.27. The van der Waals surface area contributed by atoms with Crippen molar-refractivity contribution in [2.24, 2.45) is 0 Å². The number of ether oxygens (including phenoxy) is 3. The van der Waals surface area contributed by atoms with Crippen LogP contribution in [0.5, 0.6) is 11.6 Å². The van der Waals surface area contributed by atoms with Crippen LogP contribution in [-0.4, -0.2) is 24.7 Å². The minimum Gasteiger partial charge on any atom is -0.494 e. The van der Waals surface area contributed by atoms with Gasteiger partial charge in [-0.2, -0.15) is 5.26 Å². The molecule has 1 atom stereocenters. The van der Waals surface area contributed by atoms with E-state index in [0.29, 0.717) is 23.5 Å². The predicted octanol–water partition coefficient (Wildman–Crippen LogP) is 2.20. The number of carbonyl (C=O) groups excluding carboxylic acids is 1. The summed E-state index contributed by atoms with van der Waals surface area (Å²) in [5, 5.41) is 9.32. The fraction of sp³-hybridized carbons (Fsp3) is 0.250. The smallest absolute Gasteiger partial charge is 0.338 e. The van der Waals surface area contributed by atoms with Crippen molar-refractivity contribution in [1.29, 1.82) is 5.26 Å². The molecule has 1 unspecified atom stereocenters. The van der Waals surface area contributed by atoms with Crippen molar-refractivity contribution in [1.82, 2.24) is 4.98 Å². The Balaban J connectivity index is 2.28. The molecule has 0 fully saturated rings. The first-order chi connectivity index (χ1) is 13.4. The van der Waals surface area contributed by atoms with Crippen molar-refractivity contribution in [3.63, 3.8) is 0 Å². The lowest BCUT2D eigenvalue weighted by molar-refractivity contribution is -0.136. The van der Waals surface area contributed by atoms with Crippen molar-refractivity contribution < 1.29 is 19.0 Å². The van der Waals surface area contributed by atoms with E-state index in [1.165, 1.54) is 7.11 Å². The number of carbonyl (C=O) groups is 1. The van der Waals surface area contributed by atoms with Crippen LogP contribution >= 0.6 is 0 Å². The number of methoxy groups -OCH3 is 1. The molecule has 0 saturated heterocycles. The third-order valence-corrected chi connectivity index (χ3v) is 4.51. The number of H-pyrrole nitrogens is 1. The van der Waals surface area contributed by atoms with Gasteiger partial charge in [-0.3, -0.25) is 9.78 Å². The topological polar surface area (TPSA) is 127 Å². The van der Waals surface area contributed by atoms with Gasteiger partial charge in [-0.15, -0.1) is 0 Å². The Kier molecular flexibility index (Phi) is 5.09. The van der Waals surface area contributed by atoms with Crippen LogP contribution in [-0.2, 0) is 9.53 Å². The lowest BCUT2D eigenvalue weighted by Gasteiger charge is -2.29. The molecule has 2 aromatic rings. The number of nitrogens with one attached hydrogen (secondary N) is 1. The largest absolute Gasteiger partial charge is 0.494 e. The van der Waals surface area contributed by atoms with Gasteiger partial charge in [-0.25, -0.2) is 4.79 Å². The summed E-state index contributed by atoms with van der Waals surface area (Å²) in [7, 11) is 1.27. The lowest BCUT2D eigenvalue weighted by Crippen LogP contribution is -2.27. The number of fused-ring (bicyclic) bond motifs is 1. The van der Waals surface area contributed by atoms with Gasteiger partial charge in [-0.05, 0) is 31.5 Å². The summed E-state index contributed by atoms with van der Waals surface area (Å²) in [4.78, 5) is 27.2. The Morgan fingerprint density at radius 1 is 1.36 bits per heavy atom. The molecule has 3 N–H and O–H groups in total. The van der Waals surface area contributed by atoms with Crippen LogP contribution in [0.3, 0.4) is 0 Å². The van der Waals surface area contributed by atoms with Crippen molar-refractivity contribution in [3.05, 3.63) is 62.6 Å². The van der Waals surface area contributed by atoms with Gasteiger partial charge in [0.1, 0.15) is 23.1 Å². The van der Waals surface area contributed by atoms with E-state index in [0.717, 1.165) is 0 Å². The van der Waals surface area contributed by atoms with E-state index < -0.39 is 17.4 Å². The molecule has 2 heterocycles. The van der Waals surface area contributed by atoms with Gasteiger partial charge in [0.05, 0.1) is 30.9 Å². The summed E-state index contributed by atoms with van der Waals surface area (Å²) in [6.45, 7) is 4.00. The molecule has 0 aliphatic carbocycles. The van der Waals surface area contributed by atoms with Gasteiger partial charge in [-0.1, -0.05) is 12.1 Å². The quantitative estimate of drug-likeness (QED) is 0.777. The van der Waals surface area contributed by atoms with Gasteiger partial charge in [0.25, 0.3) is 5.56 Å². The second-order valence-corrected chi connectivity index (χ2v) is 6.10. The predicted molar refractivity (Wildman–Crippen MR) is 101 cm³/mol. The second kappa shape index (κ2) is 7.48. The lowest BCUT2D eigenvalue weighted by atomic mass is 9.82. The van der Waals surface area contributed by atoms with Crippen LogP contribution in [0, 0.1) is 11.3 Å². The summed E-state index contributed by atoms with van der Waals surface area (Å²) < 4.78 is 16.0. The highest BCUT2D eigenvalue weighted by Gasteiger charge is 2.37. The van der Waals surface area contributed by atoms with Crippen molar-refractivity contribution in [2.45, 2.75) is 19.8 Å². The Morgan fingerprint density at radius 3 is 2.61 bits per heavy atom. The van der Waals surface area contributed by atoms with Crippen LogP contribution in [0.15, 0.2) is 40.4 Å². The number of aromatic amines is 1. The Bertz CT molecular complexity index is 1060. The molecule has 8 nitrogen and oxygen atoms in total. The third kappa shape index (κ3) is 3.07. The summed E-state index contributed by atoms with van der Waals surface area (Å²) in [5.41, 5.74) is 6.51. The Labute approximate surface area is 161 Å². The molecule has 28 heavy (non-hydrogen) atoms. The molecule has 1 aliphatic heterocycles. The number of rotatable bonds is 4. The maximum absolute atomic E-state index is 12.5. The van der Waals surface area contributed by atoms with Gasteiger partial charge >= 0.3 is 5.97 Å². The monoisotopic (exact) mass is 381 g/mol. The van der Waals surface area contributed by atoms with Crippen LogP contribution in [0.4, 0.5) is 5.69 Å². The standard InChI is InChI=1S/C20H19N3O5/c1-4-27-12-7-5-11(6-8-12)15-14(20(25)26-3)10(2)28-19-16(15)17(22)13(9-21)18(24)23-19/h5-8,15H,4H2,1-3H3,(H3,22,23,24). The van der Waals surface area contributed by atoms with E-state index in [4.69, 9.17) is 19.9 Å². The molecule has 3 rings (SSSR count). The van der Waals surface area contributed by atoms with Crippen LogP contribution in [0.1, 0.15) is 36.5 Å². The number of allylic oxidation sites excluding steroid dienone is 1. The fourth-order valence-corrected chi connectivity index (χ4v) is 3.27. The molecule has 8 heteroatoms. The molecule has 144 valence electrons. The molecule has 1 aromatic carbocycles. The maximum Gasteiger partial charge on any atom is 0.338 e. The second-order valence-electron chi connectivity index (χ2n) is 6.10. The molecule has 0 bridgehead atoms. The number of pyridine rings is 1. The van der Waals surface area contributed by atoms with Gasteiger partial charge < -0.3 is 19.9 Å². The van der Waals surface area contributed by atoms with Crippen LogP contribution < -0.4 is 20.8 Å². The molecular formula is C20H19N3O5. The maximum atomic E-state index is 12.5. The molecule has 0 radical (unpaired) electrons. The van der Waals surface area contributed by atoms with Crippen molar-refractivity contribution >= 4 is 11.7 Å². The normalized spacial score (nSPS) is 15.3. The molecule has 1 aromatic heterocycles. The van der Waals surface area contributed by atoms with Crippen LogP contribution in [0.2, 0.25) is 0 Å². The van der Waals surface area contributed by atoms with Gasteiger partial charge in [0, 0.05) is 5.56 Å². The SMILES string of the molecule is CCOc1ccc(C2C(C(=O)OC)=C(C)Oc3[nH]c(=O)c(C#N)c(N)c32)cc1. The summed E-state index contributed by atoms with van der Waals surface area (Å²) >= 11 is 0. The number of hydrogen-bond donors (Lipinski definition) is 2. The van der Waals surface area contributed by atoms with Gasteiger partial charge in [0.2, 0.25) is 5.88 Å². The molecule has 1 aliphatic rings. The third-order valence-electron chi connectivity index (χ3n) is 4.51. The molecule has 0 saturated carbocycles. The molecular weight excluding hydrogens is 362 g/mol. The highest BCUT2D eigenvalue weighted by atomic mass is 16.5. The highest BCUT2D eigenvalue weighted by molar-refractivity contribution is 5.93. The number of anilines is 1. The van der Waals surface area contributed by atoms with E-state index in [1.54, 1.807) is 37.3 Å². The first-order valence-corrected chi connectivity index (χ1v) is 8.58. The van der Waals surface area contributed by atoms with Crippen LogP contribution in [0.25, 0.3) is 0 Å². The Morgan fingerprint density at radius 2 is 2.04 bits per heavy atom. The summed E-state index contributed by atoms with van der Waals surface area (Å²) in [5.74, 6) is -0.225. The number of nitriles is 1. The number of nitrogens with two attached hydrogens (primary N) is 1. The minimum atomic E-state index is -0.684. The zero-order valence-electron chi connectivity index (χ0n) is 15.7. The number of nitrogens with zero attached hydrogens (tertiary/aromatic N) is 1. The zero-order chi connectivity index (χ0) is 20.4. The first-order valence-electron chi connectivity index (χ1n) is 8.58. The molecule has 0 spiro atoms. The van der Waals surface area contributed by atoms with E-state index >= 15 is 0 Å².